The molecular weight excluding hydrogens is 260 g/mol. The van der Waals surface area contributed by atoms with Gasteiger partial charge in [-0.3, -0.25) is 4.90 Å². The average molecular weight is 282 g/mol. The van der Waals surface area contributed by atoms with Crippen molar-refractivity contribution in [3.63, 3.8) is 0 Å². The molecule has 19 heavy (non-hydrogen) atoms. The second kappa shape index (κ2) is 4.89. The van der Waals surface area contributed by atoms with Crippen LogP contribution >= 0.6 is 0 Å². The van der Waals surface area contributed by atoms with Crippen LogP contribution in [0.15, 0.2) is 29.2 Å². The molecule has 0 saturated carbocycles. The van der Waals surface area contributed by atoms with E-state index in [0.717, 1.165) is 18.5 Å². The fraction of sp³-hybridized carbons (Fsp3) is 0.571. The third kappa shape index (κ3) is 3.16. The van der Waals surface area contributed by atoms with Crippen molar-refractivity contribution in [3.05, 3.63) is 29.8 Å². The van der Waals surface area contributed by atoms with E-state index in [0.29, 0.717) is 4.90 Å². The number of nitrogens with zero attached hydrogens (tertiary/aromatic N) is 1. The lowest BCUT2D eigenvalue weighted by atomic mass is 9.98. The largest absolute Gasteiger partial charge is 0.282 e. The minimum atomic E-state index is -3.42. The van der Waals surface area contributed by atoms with E-state index in [-0.39, 0.29) is 11.7 Å². The number of likely N-dealkylation sites (tertiary alicyclic amines) is 1. The summed E-state index contributed by atoms with van der Waals surface area (Å²) in [5.74, 6) is 0. The molecule has 1 atom stereocenters. The molecule has 106 valence electrons. The van der Waals surface area contributed by atoms with Crippen LogP contribution in [0.4, 0.5) is 0 Å². The standard InChI is InChI=1S/C14H22N2O2S/c1-11-5-7-12(8-6-11)19(17,18)15-13-9-10-16(13)14(2,3)4/h5-8,13,15H,9-10H2,1-4H3. The molecule has 0 aliphatic carbocycles. The topological polar surface area (TPSA) is 49.4 Å². The summed E-state index contributed by atoms with van der Waals surface area (Å²) in [6.45, 7) is 9.17. The Morgan fingerprint density at radius 1 is 1.21 bits per heavy atom. The van der Waals surface area contributed by atoms with E-state index < -0.39 is 10.0 Å². The number of hydrogen-bond acceptors (Lipinski definition) is 3. The van der Waals surface area contributed by atoms with Crippen LogP contribution in [0.25, 0.3) is 0 Å². The Kier molecular flexibility index (Phi) is 3.73. The van der Waals surface area contributed by atoms with Gasteiger partial charge in [-0.05, 0) is 46.2 Å². The van der Waals surface area contributed by atoms with Gasteiger partial charge in [0.15, 0.2) is 0 Å². The zero-order valence-corrected chi connectivity index (χ0v) is 12.8. The lowest BCUT2D eigenvalue weighted by Gasteiger charge is -2.49. The van der Waals surface area contributed by atoms with Gasteiger partial charge in [-0.15, -0.1) is 0 Å². The van der Waals surface area contributed by atoms with Crippen molar-refractivity contribution in [2.24, 2.45) is 0 Å². The van der Waals surface area contributed by atoms with E-state index in [1.165, 1.54) is 0 Å². The van der Waals surface area contributed by atoms with Gasteiger partial charge in [-0.25, -0.2) is 8.42 Å². The highest BCUT2D eigenvalue weighted by Crippen LogP contribution is 2.27. The van der Waals surface area contributed by atoms with E-state index in [1.807, 2.05) is 19.1 Å². The van der Waals surface area contributed by atoms with E-state index in [4.69, 9.17) is 0 Å². The highest BCUT2D eigenvalue weighted by molar-refractivity contribution is 7.89. The van der Waals surface area contributed by atoms with Gasteiger partial charge in [0.1, 0.15) is 0 Å². The van der Waals surface area contributed by atoms with Gasteiger partial charge in [0.2, 0.25) is 10.0 Å². The molecule has 1 N–H and O–H groups in total. The molecule has 0 bridgehead atoms. The fourth-order valence-corrected chi connectivity index (χ4v) is 3.51. The maximum absolute atomic E-state index is 12.3. The van der Waals surface area contributed by atoms with Gasteiger partial charge < -0.3 is 0 Å². The first-order chi connectivity index (χ1) is 8.70. The van der Waals surface area contributed by atoms with Crippen LogP contribution in [-0.2, 0) is 10.0 Å². The first kappa shape index (κ1) is 14.5. The summed E-state index contributed by atoms with van der Waals surface area (Å²) in [7, 11) is -3.42. The zero-order valence-electron chi connectivity index (χ0n) is 12.0. The molecule has 5 heteroatoms. The fourth-order valence-electron chi connectivity index (χ4n) is 2.28. The monoisotopic (exact) mass is 282 g/mol. The van der Waals surface area contributed by atoms with E-state index >= 15 is 0 Å². The summed E-state index contributed by atoms with van der Waals surface area (Å²) in [5, 5.41) is 0. The summed E-state index contributed by atoms with van der Waals surface area (Å²) in [4.78, 5) is 2.50. The Balaban J connectivity index is 2.12. The third-order valence-electron chi connectivity index (χ3n) is 3.50. The average Bonchev–Trinajstić information content (AvgIpc) is 2.23. The highest BCUT2D eigenvalue weighted by Gasteiger charge is 2.38. The minimum absolute atomic E-state index is 0.0152. The second-order valence-electron chi connectivity index (χ2n) is 6.10. The molecule has 1 aromatic rings. The molecule has 0 spiro atoms. The number of rotatable bonds is 3. The Morgan fingerprint density at radius 2 is 1.79 bits per heavy atom. The van der Waals surface area contributed by atoms with Crippen molar-refractivity contribution < 1.29 is 8.42 Å². The van der Waals surface area contributed by atoms with Crippen molar-refractivity contribution in [1.29, 1.82) is 0 Å². The van der Waals surface area contributed by atoms with Crippen LogP contribution in [0.5, 0.6) is 0 Å². The Bertz CT molecular complexity index is 544. The van der Waals surface area contributed by atoms with E-state index in [2.05, 4.69) is 30.4 Å². The SMILES string of the molecule is Cc1ccc(S(=O)(=O)NC2CCN2C(C)(C)C)cc1. The van der Waals surface area contributed by atoms with Crippen LogP contribution in [0.3, 0.4) is 0 Å². The van der Waals surface area contributed by atoms with Crippen molar-refractivity contribution in [2.75, 3.05) is 6.54 Å². The van der Waals surface area contributed by atoms with Gasteiger partial charge in [0.25, 0.3) is 0 Å². The van der Waals surface area contributed by atoms with Crippen molar-refractivity contribution in [3.8, 4) is 0 Å². The van der Waals surface area contributed by atoms with Gasteiger partial charge in [-0.1, -0.05) is 17.7 Å². The molecule has 1 aliphatic heterocycles. The summed E-state index contributed by atoms with van der Waals surface area (Å²) < 4.78 is 27.3. The van der Waals surface area contributed by atoms with Crippen LogP contribution in [0, 0.1) is 6.92 Å². The maximum atomic E-state index is 12.3. The first-order valence-corrected chi connectivity index (χ1v) is 8.04. The second-order valence-corrected chi connectivity index (χ2v) is 7.82. The van der Waals surface area contributed by atoms with Crippen LogP contribution in [0.2, 0.25) is 0 Å². The van der Waals surface area contributed by atoms with Gasteiger partial charge >= 0.3 is 0 Å². The number of aryl methyl sites for hydroxylation is 1. The molecule has 1 saturated heterocycles. The molecule has 0 amide bonds. The molecule has 4 nitrogen and oxygen atoms in total. The quantitative estimate of drug-likeness (QED) is 0.923. The third-order valence-corrected chi connectivity index (χ3v) is 4.98. The van der Waals surface area contributed by atoms with Gasteiger partial charge in [-0.2, -0.15) is 4.72 Å². The van der Waals surface area contributed by atoms with E-state index in [9.17, 15) is 8.42 Å². The summed E-state index contributed by atoms with van der Waals surface area (Å²) >= 11 is 0. The van der Waals surface area contributed by atoms with Crippen molar-refractivity contribution in [2.45, 2.75) is 50.7 Å². The van der Waals surface area contributed by atoms with Gasteiger partial charge in [0.05, 0.1) is 11.1 Å². The molecule has 2 rings (SSSR count). The summed E-state index contributed by atoms with van der Waals surface area (Å²) in [6, 6.07) is 6.93. The predicted octanol–water partition coefficient (Wildman–Crippen LogP) is 2.10. The molecule has 1 unspecified atom stereocenters. The van der Waals surface area contributed by atoms with E-state index in [1.54, 1.807) is 12.1 Å². The number of sulfonamides is 1. The smallest absolute Gasteiger partial charge is 0.241 e. The van der Waals surface area contributed by atoms with Crippen LogP contribution in [-0.4, -0.2) is 31.6 Å². The predicted molar refractivity (Wildman–Crippen MR) is 76.4 cm³/mol. The molecule has 0 aromatic heterocycles. The Morgan fingerprint density at radius 3 is 2.21 bits per heavy atom. The molecule has 1 fully saturated rings. The molecule has 1 aromatic carbocycles. The number of benzene rings is 1. The molecule has 0 radical (unpaired) electrons. The zero-order chi connectivity index (χ0) is 14.3. The van der Waals surface area contributed by atoms with Crippen LogP contribution in [0.1, 0.15) is 32.8 Å². The lowest BCUT2D eigenvalue weighted by Crippen LogP contribution is -2.63. The molecule has 1 heterocycles. The first-order valence-electron chi connectivity index (χ1n) is 6.56. The minimum Gasteiger partial charge on any atom is -0.282 e. The summed E-state index contributed by atoms with van der Waals surface area (Å²) in [6.07, 6.45) is 0.772. The normalized spacial score (nSPS) is 21.2. The summed E-state index contributed by atoms with van der Waals surface area (Å²) in [5.41, 5.74) is 1.04. The Hall–Kier alpha value is -0.910. The highest BCUT2D eigenvalue weighted by atomic mass is 32.2. The number of hydrogen-bond donors (Lipinski definition) is 1. The molecule has 1 aliphatic rings. The molecular formula is C14H22N2O2S. The maximum Gasteiger partial charge on any atom is 0.241 e. The van der Waals surface area contributed by atoms with Crippen molar-refractivity contribution in [1.82, 2.24) is 9.62 Å². The number of nitrogens with one attached hydrogen (secondary N) is 1. The van der Waals surface area contributed by atoms with Crippen molar-refractivity contribution >= 4 is 10.0 Å². The Labute approximate surface area is 115 Å². The van der Waals surface area contributed by atoms with Crippen LogP contribution < -0.4 is 4.72 Å². The van der Waals surface area contributed by atoms with Gasteiger partial charge in [0, 0.05) is 12.1 Å². The lowest BCUT2D eigenvalue weighted by molar-refractivity contribution is -0.00389.